The minimum atomic E-state index is -1.31. The molecular formula is C24H27N3O6. The molecule has 9 nitrogen and oxygen atoms in total. The van der Waals surface area contributed by atoms with E-state index in [4.69, 9.17) is 15.4 Å². The highest BCUT2D eigenvalue weighted by atomic mass is 16.5. The third-order valence-electron chi connectivity index (χ3n) is 4.73. The Labute approximate surface area is 190 Å². The first-order valence-corrected chi connectivity index (χ1v) is 10.2. The molecule has 1 heterocycles. The van der Waals surface area contributed by atoms with Crippen LogP contribution < -0.4 is 10.8 Å². The molecule has 0 atom stereocenters. The van der Waals surface area contributed by atoms with Crippen molar-refractivity contribution in [2.24, 2.45) is 0 Å². The molecule has 1 aromatic heterocycles. The molecule has 0 saturated carbocycles. The predicted octanol–water partition coefficient (Wildman–Crippen LogP) is 2.87. The molecule has 2 aromatic carbocycles. The Morgan fingerprint density at radius 2 is 1.67 bits per heavy atom. The number of H-pyrrole nitrogens is 1. The van der Waals surface area contributed by atoms with E-state index >= 15 is 0 Å². The minimum absolute atomic E-state index is 0.539. The van der Waals surface area contributed by atoms with Crippen LogP contribution in [0.15, 0.2) is 54.6 Å². The van der Waals surface area contributed by atoms with E-state index in [0.717, 1.165) is 25.1 Å². The monoisotopic (exact) mass is 453 g/mol. The maximum Gasteiger partial charge on any atom is 0.314 e. The number of hydrogen-bond donors (Lipinski definition) is 6. The maximum absolute atomic E-state index is 11.0. The van der Waals surface area contributed by atoms with E-state index in [9.17, 15) is 14.4 Å². The standard InChI is InChI=1S/C21H23N3O2.C3H4O4/c1-15-18(19-4-2-3-5-20(19)23-15)12-13-22-14-17-8-6-16(7-9-17)10-11-21(25)24-26;4-2(5)1-3(6)7/h2-11,22-23,26H,12-14H2,1H3,(H,24,25);1H2,(H,4,5)(H,6,7)/b11-10+;. The van der Waals surface area contributed by atoms with E-state index in [1.54, 1.807) is 11.6 Å². The number of fused-ring (bicyclic) bond motifs is 1. The summed E-state index contributed by atoms with van der Waals surface area (Å²) in [4.78, 5) is 33.3. The molecule has 0 aliphatic carbocycles. The smallest absolute Gasteiger partial charge is 0.314 e. The number of aliphatic carboxylic acids is 2. The summed E-state index contributed by atoms with van der Waals surface area (Å²) in [5.41, 5.74) is 7.46. The molecule has 1 amide bonds. The van der Waals surface area contributed by atoms with Gasteiger partial charge in [-0.3, -0.25) is 19.6 Å². The Kier molecular flexibility index (Phi) is 9.81. The first-order chi connectivity index (χ1) is 15.8. The number of hydrogen-bond acceptors (Lipinski definition) is 5. The Bertz CT molecular complexity index is 1110. The van der Waals surface area contributed by atoms with Crippen LogP contribution in [0.1, 0.15) is 28.8 Å². The van der Waals surface area contributed by atoms with Gasteiger partial charge in [-0.2, -0.15) is 0 Å². The second-order valence-corrected chi connectivity index (χ2v) is 7.22. The fourth-order valence-corrected chi connectivity index (χ4v) is 3.19. The van der Waals surface area contributed by atoms with Crippen LogP contribution in [-0.2, 0) is 27.3 Å². The van der Waals surface area contributed by atoms with E-state index in [0.29, 0.717) is 0 Å². The number of amides is 1. The molecule has 0 radical (unpaired) electrons. The second kappa shape index (κ2) is 12.8. The summed E-state index contributed by atoms with van der Waals surface area (Å²) in [7, 11) is 0. The molecule has 3 rings (SSSR count). The number of nitrogens with one attached hydrogen (secondary N) is 3. The number of carbonyl (C=O) groups is 3. The van der Waals surface area contributed by atoms with Crippen molar-refractivity contribution in [3.05, 3.63) is 77.0 Å². The highest BCUT2D eigenvalue weighted by Gasteiger charge is 2.07. The number of aromatic nitrogens is 1. The molecular weight excluding hydrogens is 426 g/mol. The van der Waals surface area contributed by atoms with Crippen LogP contribution in [0.5, 0.6) is 0 Å². The lowest BCUT2D eigenvalue weighted by Crippen LogP contribution is -2.16. The first-order valence-electron chi connectivity index (χ1n) is 10.2. The zero-order valence-corrected chi connectivity index (χ0v) is 18.2. The number of rotatable bonds is 9. The van der Waals surface area contributed by atoms with E-state index in [1.807, 2.05) is 24.3 Å². The number of carboxylic acids is 2. The minimum Gasteiger partial charge on any atom is -0.481 e. The second-order valence-electron chi connectivity index (χ2n) is 7.22. The fraction of sp³-hybridized carbons (Fsp3) is 0.208. The first kappa shape index (κ1) is 25.3. The number of hydroxylamine groups is 1. The molecule has 0 fully saturated rings. The van der Waals surface area contributed by atoms with Gasteiger partial charge in [0.25, 0.3) is 5.91 Å². The summed E-state index contributed by atoms with van der Waals surface area (Å²) in [5, 5.41) is 28.6. The van der Waals surface area contributed by atoms with Crippen LogP contribution in [0, 0.1) is 6.92 Å². The van der Waals surface area contributed by atoms with Gasteiger partial charge in [0.1, 0.15) is 6.42 Å². The van der Waals surface area contributed by atoms with Crippen molar-refractivity contribution in [3.63, 3.8) is 0 Å². The van der Waals surface area contributed by atoms with Crippen molar-refractivity contribution in [1.29, 1.82) is 0 Å². The van der Waals surface area contributed by atoms with E-state index in [-0.39, 0.29) is 0 Å². The molecule has 9 heteroatoms. The summed E-state index contributed by atoms with van der Waals surface area (Å²) in [6, 6.07) is 16.4. The van der Waals surface area contributed by atoms with Gasteiger partial charge in [0.15, 0.2) is 0 Å². The third kappa shape index (κ3) is 8.60. The summed E-state index contributed by atoms with van der Waals surface area (Å²) in [6.45, 7) is 3.82. The SMILES string of the molecule is Cc1[nH]c2ccccc2c1CCNCc1ccc(/C=C/C(=O)NO)cc1.O=C(O)CC(=O)O. The zero-order chi connectivity index (χ0) is 24.2. The van der Waals surface area contributed by atoms with Gasteiger partial charge in [-0.25, -0.2) is 5.48 Å². The highest BCUT2D eigenvalue weighted by molar-refractivity contribution is 5.90. The molecule has 3 aromatic rings. The van der Waals surface area contributed by atoms with Crippen LogP contribution in [0.25, 0.3) is 17.0 Å². The van der Waals surface area contributed by atoms with E-state index in [1.165, 1.54) is 33.8 Å². The lowest BCUT2D eigenvalue weighted by molar-refractivity contribution is -0.147. The Morgan fingerprint density at radius 3 is 2.27 bits per heavy atom. The van der Waals surface area contributed by atoms with Crippen LogP contribution in [0.2, 0.25) is 0 Å². The lowest BCUT2D eigenvalue weighted by Gasteiger charge is -2.06. The van der Waals surface area contributed by atoms with E-state index < -0.39 is 24.3 Å². The normalized spacial score (nSPS) is 10.6. The van der Waals surface area contributed by atoms with E-state index in [2.05, 4.69) is 41.5 Å². The Morgan fingerprint density at radius 1 is 1.00 bits per heavy atom. The average molecular weight is 453 g/mol. The van der Waals surface area contributed by atoms with Gasteiger partial charge in [-0.05, 0) is 48.7 Å². The molecule has 6 N–H and O–H groups in total. The molecule has 0 spiro atoms. The van der Waals surface area contributed by atoms with Crippen molar-refractivity contribution < 1.29 is 29.8 Å². The number of para-hydroxylation sites is 1. The van der Waals surface area contributed by atoms with Crippen LogP contribution in [0.3, 0.4) is 0 Å². The number of aryl methyl sites for hydroxylation is 1. The molecule has 0 bridgehead atoms. The lowest BCUT2D eigenvalue weighted by atomic mass is 10.1. The Balaban J connectivity index is 0.000000479. The van der Waals surface area contributed by atoms with Gasteiger partial charge < -0.3 is 20.5 Å². The molecule has 174 valence electrons. The average Bonchev–Trinajstić information content (AvgIpc) is 3.10. The number of benzene rings is 2. The number of aromatic amines is 1. The molecule has 0 aliphatic rings. The topological polar surface area (TPSA) is 152 Å². The van der Waals surface area contributed by atoms with Crippen LogP contribution >= 0.6 is 0 Å². The van der Waals surface area contributed by atoms with Gasteiger partial charge in [0, 0.05) is 29.2 Å². The van der Waals surface area contributed by atoms with Gasteiger partial charge in [0.05, 0.1) is 0 Å². The van der Waals surface area contributed by atoms with Crippen molar-refractivity contribution in [1.82, 2.24) is 15.8 Å². The summed E-state index contributed by atoms with van der Waals surface area (Å²) >= 11 is 0. The van der Waals surface area contributed by atoms with Gasteiger partial charge in [0.2, 0.25) is 0 Å². The van der Waals surface area contributed by atoms with Crippen molar-refractivity contribution >= 4 is 34.8 Å². The van der Waals surface area contributed by atoms with Gasteiger partial charge in [-0.1, -0.05) is 42.5 Å². The highest BCUT2D eigenvalue weighted by Crippen LogP contribution is 2.21. The molecule has 0 saturated heterocycles. The van der Waals surface area contributed by atoms with Gasteiger partial charge in [-0.15, -0.1) is 0 Å². The van der Waals surface area contributed by atoms with Crippen LogP contribution in [0.4, 0.5) is 0 Å². The zero-order valence-electron chi connectivity index (χ0n) is 18.2. The van der Waals surface area contributed by atoms with Crippen molar-refractivity contribution in [3.8, 4) is 0 Å². The van der Waals surface area contributed by atoms with Crippen molar-refractivity contribution in [2.75, 3.05) is 6.54 Å². The van der Waals surface area contributed by atoms with Crippen molar-refractivity contribution in [2.45, 2.75) is 26.3 Å². The quantitative estimate of drug-likeness (QED) is 0.0958. The molecule has 0 aliphatic heterocycles. The molecule has 33 heavy (non-hydrogen) atoms. The third-order valence-corrected chi connectivity index (χ3v) is 4.73. The Hall–Kier alpha value is -3.95. The predicted molar refractivity (Wildman–Crippen MR) is 124 cm³/mol. The number of carbonyl (C=O) groups excluding carboxylic acids is 1. The fourth-order valence-electron chi connectivity index (χ4n) is 3.19. The van der Waals surface area contributed by atoms with Gasteiger partial charge >= 0.3 is 11.9 Å². The summed E-state index contributed by atoms with van der Waals surface area (Å²) in [6.07, 6.45) is 3.12. The summed E-state index contributed by atoms with van der Waals surface area (Å²) < 4.78 is 0. The van der Waals surface area contributed by atoms with Crippen LogP contribution in [-0.4, -0.2) is 44.8 Å². The number of carboxylic acid groups (broad SMARTS) is 2. The molecule has 0 unspecified atom stereocenters. The maximum atomic E-state index is 11.0. The largest absolute Gasteiger partial charge is 0.481 e. The summed E-state index contributed by atoms with van der Waals surface area (Å²) in [5.74, 6) is -3.16.